The Kier molecular flexibility index (Phi) is 3.34. The number of carbonyl (C=O) groups is 2. The summed E-state index contributed by atoms with van der Waals surface area (Å²) in [7, 11) is 0. The molecular formula is C17H18N2O4. The zero-order valence-electron chi connectivity index (χ0n) is 12.7. The fourth-order valence-corrected chi connectivity index (χ4v) is 3.51. The number of amides is 1. The minimum Gasteiger partial charge on any atom is -0.478 e. The highest BCUT2D eigenvalue weighted by Crippen LogP contribution is 2.29. The lowest BCUT2D eigenvalue weighted by Gasteiger charge is -2.29. The van der Waals surface area contributed by atoms with Gasteiger partial charge in [-0.25, -0.2) is 4.79 Å². The highest BCUT2D eigenvalue weighted by atomic mass is 16.5. The van der Waals surface area contributed by atoms with Crippen molar-refractivity contribution in [1.82, 2.24) is 9.88 Å². The molecule has 0 aliphatic carbocycles. The number of carbonyl (C=O) groups excluding carboxylic acids is 1. The van der Waals surface area contributed by atoms with Crippen LogP contribution in [-0.4, -0.2) is 46.1 Å². The number of nitrogens with zero attached hydrogens (tertiary/aromatic N) is 1. The van der Waals surface area contributed by atoms with Crippen molar-refractivity contribution in [2.24, 2.45) is 0 Å². The third-order valence-electron chi connectivity index (χ3n) is 4.74. The SMILES string of the molecule is O=C(O)c1ccc2[nH]c3c(c2c1)CN(C(=O)C1CCCO1)CC3. The largest absolute Gasteiger partial charge is 0.478 e. The van der Waals surface area contributed by atoms with Crippen LogP contribution in [0.1, 0.15) is 34.5 Å². The molecule has 1 fully saturated rings. The van der Waals surface area contributed by atoms with Crippen molar-refractivity contribution in [2.45, 2.75) is 31.9 Å². The Labute approximate surface area is 133 Å². The van der Waals surface area contributed by atoms with Crippen molar-refractivity contribution in [3.63, 3.8) is 0 Å². The topological polar surface area (TPSA) is 82.6 Å². The van der Waals surface area contributed by atoms with Gasteiger partial charge in [0.1, 0.15) is 6.10 Å². The standard InChI is InChI=1S/C17H18N2O4/c20-16(15-2-1-7-23-15)19-6-5-14-12(9-19)11-8-10(17(21)22)3-4-13(11)18-14/h3-4,8,15,18H,1-2,5-7,9H2,(H,21,22). The van der Waals surface area contributed by atoms with Gasteiger partial charge < -0.3 is 19.7 Å². The van der Waals surface area contributed by atoms with Crippen molar-refractivity contribution in [1.29, 1.82) is 0 Å². The molecule has 0 spiro atoms. The van der Waals surface area contributed by atoms with Gasteiger partial charge in [-0.15, -0.1) is 0 Å². The molecule has 2 aromatic rings. The van der Waals surface area contributed by atoms with Gasteiger partial charge in [0.2, 0.25) is 0 Å². The minimum atomic E-state index is -0.940. The Balaban J connectivity index is 1.67. The smallest absolute Gasteiger partial charge is 0.335 e. The van der Waals surface area contributed by atoms with Crippen molar-refractivity contribution in [3.05, 3.63) is 35.0 Å². The Bertz CT molecular complexity index is 789. The summed E-state index contributed by atoms with van der Waals surface area (Å²) in [6.45, 7) is 1.84. The number of benzene rings is 1. The minimum absolute atomic E-state index is 0.0527. The van der Waals surface area contributed by atoms with Crippen molar-refractivity contribution < 1.29 is 19.4 Å². The van der Waals surface area contributed by atoms with Gasteiger partial charge in [-0.2, -0.15) is 0 Å². The third kappa shape index (κ3) is 2.39. The molecule has 1 unspecified atom stereocenters. The highest BCUT2D eigenvalue weighted by Gasteiger charge is 2.31. The second kappa shape index (κ2) is 5.38. The Morgan fingerprint density at radius 3 is 2.96 bits per heavy atom. The Morgan fingerprint density at radius 1 is 1.35 bits per heavy atom. The fraction of sp³-hybridized carbons (Fsp3) is 0.412. The first-order chi connectivity index (χ1) is 11.1. The molecule has 2 N–H and O–H groups in total. The maximum atomic E-state index is 12.5. The normalized spacial score (nSPS) is 20.7. The van der Waals surface area contributed by atoms with E-state index in [2.05, 4.69) is 4.98 Å². The number of aromatic nitrogens is 1. The van der Waals surface area contributed by atoms with Crippen LogP contribution >= 0.6 is 0 Å². The molecule has 1 aromatic carbocycles. The van der Waals surface area contributed by atoms with E-state index in [1.807, 2.05) is 4.90 Å². The number of hydrogen-bond acceptors (Lipinski definition) is 3. The predicted octanol–water partition coefficient (Wildman–Crippen LogP) is 1.93. The second-order valence-electron chi connectivity index (χ2n) is 6.16. The zero-order chi connectivity index (χ0) is 16.0. The van der Waals surface area contributed by atoms with E-state index < -0.39 is 5.97 Å². The molecule has 6 heteroatoms. The molecule has 120 valence electrons. The van der Waals surface area contributed by atoms with Gasteiger partial charge in [-0.1, -0.05) is 0 Å². The monoisotopic (exact) mass is 314 g/mol. The first kappa shape index (κ1) is 14.3. The fourth-order valence-electron chi connectivity index (χ4n) is 3.51. The van der Waals surface area contributed by atoms with Crippen LogP contribution in [0.4, 0.5) is 0 Å². The molecule has 6 nitrogen and oxygen atoms in total. The molecule has 2 aliphatic heterocycles. The number of ether oxygens (including phenoxy) is 1. The van der Waals surface area contributed by atoms with Crippen LogP contribution in [0, 0.1) is 0 Å². The predicted molar refractivity (Wildman–Crippen MR) is 83.4 cm³/mol. The molecular weight excluding hydrogens is 296 g/mol. The van der Waals surface area contributed by atoms with E-state index in [1.165, 1.54) is 0 Å². The van der Waals surface area contributed by atoms with Gasteiger partial charge in [0.15, 0.2) is 0 Å². The number of fused-ring (bicyclic) bond motifs is 3. The van der Waals surface area contributed by atoms with Gasteiger partial charge in [0, 0.05) is 48.3 Å². The van der Waals surface area contributed by atoms with Crippen LogP contribution in [0.15, 0.2) is 18.2 Å². The van der Waals surface area contributed by atoms with E-state index in [-0.39, 0.29) is 17.6 Å². The molecule has 1 aromatic heterocycles. The molecule has 1 saturated heterocycles. The quantitative estimate of drug-likeness (QED) is 0.887. The molecule has 0 bridgehead atoms. The lowest BCUT2D eigenvalue weighted by molar-refractivity contribution is -0.141. The molecule has 4 rings (SSSR count). The van der Waals surface area contributed by atoms with E-state index in [1.54, 1.807) is 18.2 Å². The van der Waals surface area contributed by atoms with Crippen LogP contribution < -0.4 is 0 Å². The molecule has 0 saturated carbocycles. The van der Waals surface area contributed by atoms with Crippen LogP contribution in [-0.2, 0) is 22.5 Å². The summed E-state index contributed by atoms with van der Waals surface area (Å²) < 4.78 is 5.50. The second-order valence-corrected chi connectivity index (χ2v) is 6.16. The summed E-state index contributed by atoms with van der Waals surface area (Å²) in [5.74, 6) is -0.887. The summed E-state index contributed by atoms with van der Waals surface area (Å²) in [6, 6.07) is 5.08. The number of hydrogen-bond donors (Lipinski definition) is 2. The van der Waals surface area contributed by atoms with E-state index in [0.717, 1.165) is 41.4 Å². The Morgan fingerprint density at radius 2 is 2.22 bits per heavy atom. The van der Waals surface area contributed by atoms with E-state index in [9.17, 15) is 14.7 Å². The summed E-state index contributed by atoms with van der Waals surface area (Å²) in [5.41, 5.74) is 3.31. The molecule has 1 atom stereocenters. The first-order valence-corrected chi connectivity index (χ1v) is 7.90. The van der Waals surface area contributed by atoms with E-state index >= 15 is 0 Å². The van der Waals surface area contributed by atoms with Gasteiger partial charge in [-0.3, -0.25) is 4.79 Å². The number of aromatic amines is 1. The van der Waals surface area contributed by atoms with Crippen molar-refractivity contribution in [2.75, 3.05) is 13.2 Å². The van der Waals surface area contributed by atoms with Crippen LogP contribution in [0.25, 0.3) is 10.9 Å². The lowest BCUT2D eigenvalue weighted by atomic mass is 10.0. The molecule has 0 radical (unpaired) electrons. The van der Waals surface area contributed by atoms with Crippen LogP contribution in [0.2, 0.25) is 0 Å². The van der Waals surface area contributed by atoms with Gasteiger partial charge in [0.05, 0.1) is 5.56 Å². The summed E-state index contributed by atoms with van der Waals surface area (Å²) in [4.78, 5) is 28.9. The van der Waals surface area contributed by atoms with E-state index in [4.69, 9.17) is 4.74 Å². The molecule has 2 aliphatic rings. The number of carboxylic acid groups (broad SMARTS) is 1. The van der Waals surface area contributed by atoms with Gasteiger partial charge in [-0.05, 0) is 31.0 Å². The summed E-state index contributed by atoms with van der Waals surface area (Å²) >= 11 is 0. The number of aromatic carboxylic acids is 1. The maximum Gasteiger partial charge on any atom is 0.335 e. The van der Waals surface area contributed by atoms with Crippen molar-refractivity contribution in [3.8, 4) is 0 Å². The van der Waals surface area contributed by atoms with Crippen molar-refractivity contribution >= 4 is 22.8 Å². The average Bonchev–Trinajstić information content (AvgIpc) is 3.20. The maximum absolute atomic E-state index is 12.5. The lowest BCUT2D eigenvalue weighted by Crippen LogP contribution is -2.41. The van der Waals surface area contributed by atoms with Gasteiger partial charge in [0.25, 0.3) is 5.91 Å². The third-order valence-corrected chi connectivity index (χ3v) is 4.74. The van der Waals surface area contributed by atoms with Crippen LogP contribution in [0.5, 0.6) is 0 Å². The molecule has 23 heavy (non-hydrogen) atoms. The number of rotatable bonds is 2. The summed E-state index contributed by atoms with van der Waals surface area (Å²) in [5, 5.41) is 10.1. The number of nitrogens with one attached hydrogen (secondary N) is 1. The first-order valence-electron chi connectivity index (χ1n) is 7.90. The highest BCUT2D eigenvalue weighted by molar-refractivity contribution is 5.95. The zero-order valence-corrected chi connectivity index (χ0v) is 12.7. The number of H-pyrrole nitrogens is 1. The van der Waals surface area contributed by atoms with E-state index in [0.29, 0.717) is 19.7 Å². The molecule has 1 amide bonds. The van der Waals surface area contributed by atoms with Crippen LogP contribution in [0.3, 0.4) is 0 Å². The Hall–Kier alpha value is -2.34. The average molecular weight is 314 g/mol. The molecule has 3 heterocycles. The van der Waals surface area contributed by atoms with Gasteiger partial charge >= 0.3 is 5.97 Å². The number of carboxylic acids is 1. The summed E-state index contributed by atoms with van der Waals surface area (Å²) in [6.07, 6.45) is 2.17.